The van der Waals surface area contributed by atoms with E-state index in [9.17, 15) is 0 Å². The molecule has 306 valence electrons. The summed E-state index contributed by atoms with van der Waals surface area (Å²) in [5, 5.41) is 7.56. The lowest BCUT2D eigenvalue weighted by Crippen LogP contribution is -2.16. The molecule has 1 aliphatic heterocycles. The maximum absolute atomic E-state index is 2.47. The first-order valence-electron chi connectivity index (χ1n) is 22.5. The third-order valence-corrected chi connectivity index (χ3v) is 15.4. The van der Waals surface area contributed by atoms with E-state index in [1.807, 2.05) is 11.3 Å². The predicted molar refractivity (Wildman–Crippen MR) is 277 cm³/mol. The molecule has 2 aliphatic rings. The van der Waals surface area contributed by atoms with Crippen molar-refractivity contribution in [3.63, 3.8) is 0 Å². The largest absolute Gasteiger partial charge is 0.310 e. The van der Waals surface area contributed by atoms with Gasteiger partial charge in [0.1, 0.15) is 0 Å². The molecule has 0 radical (unpaired) electrons. The molecule has 0 N–H and O–H groups in total. The van der Waals surface area contributed by atoms with Crippen molar-refractivity contribution in [2.45, 2.75) is 19.3 Å². The SMILES string of the molecule is CC1(C)c2ccc3cc2-c2cc(ccc21)N(c1ccc2c4ccccc4n(-c4cccc5ccccc45)c2c1)c1cccc(c1)-c1cccc(c1)N3c1ccc2c(c1)sc1ccccc12. The Morgan fingerprint density at radius 1 is 0.354 bits per heavy atom. The Labute approximate surface area is 381 Å². The quantitative estimate of drug-likeness (QED) is 0.175. The molecule has 0 fully saturated rings. The molecule has 12 aromatic rings. The molecule has 2 aromatic heterocycles. The fourth-order valence-electron chi connectivity index (χ4n) is 11.2. The van der Waals surface area contributed by atoms with E-state index in [0.29, 0.717) is 0 Å². The highest BCUT2D eigenvalue weighted by Gasteiger charge is 2.37. The second-order valence-corrected chi connectivity index (χ2v) is 19.3. The van der Waals surface area contributed by atoms with Gasteiger partial charge in [0.15, 0.2) is 0 Å². The molecule has 3 nitrogen and oxygen atoms in total. The Kier molecular flexibility index (Phi) is 7.62. The van der Waals surface area contributed by atoms with Crippen LogP contribution in [0.15, 0.2) is 212 Å². The van der Waals surface area contributed by atoms with Gasteiger partial charge in [0.2, 0.25) is 0 Å². The van der Waals surface area contributed by atoms with Crippen molar-refractivity contribution in [1.29, 1.82) is 0 Å². The predicted octanol–water partition coefficient (Wildman–Crippen LogP) is 17.5. The second kappa shape index (κ2) is 13.5. The number of fused-ring (bicyclic) bond motifs is 14. The van der Waals surface area contributed by atoms with Crippen LogP contribution in [0.5, 0.6) is 0 Å². The number of anilines is 6. The van der Waals surface area contributed by atoms with Gasteiger partial charge in [-0.15, -0.1) is 11.3 Å². The zero-order valence-corrected chi connectivity index (χ0v) is 36.8. The summed E-state index contributed by atoms with van der Waals surface area (Å²) < 4.78 is 5.08. The van der Waals surface area contributed by atoms with Gasteiger partial charge in [-0.25, -0.2) is 0 Å². The Bertz CT molecular complexity index is 3960. The van der Waals surface area contributed by atoms with Gasteiger partial charge in [-0.3, -0.25) is 0 Å². The van der Waals surface area contributed by atoms with Gasteiger partial charge in [0.05, 0.1) is 16.7 Å². The van der Waals surface area contributed by atoms with Crippen LogP contribution in [0, 0.1) is 0 Å². The minimum absolute atomic E-state index is 0.167. The van der Waals surface area contributed by atoms with E-state index in [-0.39, 0.29) is 5.41 Å². The van der Waals surface area contributed by atoms with Gasteiger partial charge in [0.25, 0.3) is 0 Å². The Morgan fingerprint density at radius 3 is 1.58 bits per heavy atom. The molecule has 4 heteroatoms. The highest BCUT2D eigenvalue weighted by atomic mass is 32.1. The molecule has 0 saturated carbocycles. The van der Waals surface area contributed by atoms with Crippen LogP contribution in [-0.2, 0) is 5.41 Å². The van der Waals surface area contributed by atoms with Crippen LogP contribution < -0.4 is 9.80 Å². The van der Waals surface area contributed by atoms with Gasteiger partial charge in [-0.2, -0.15) is 0 Å². The Balaban J connectivity index is 1.01. The highest BCUT2D eigenvalue weighted by Crippen LogP contribution is 2.53. The first-order chi connectivity index (χ1) is 32.0. The van der Waals surface area contributed by atoms with Crippen molar-refractivity contribution in [2.75, 3.05) is 9.80 Å². The summed E-state index contributed by atoms with van der Waals surface area (Å²) in [5.74, 6) is 0. The number of rotatable bonds is 3. The summed E-state index contributed by atoms with van der Waals surface area (Å²) in [4.78, 5) is 4.92. The van der Waals surface area contributed by atoms with Crippen molar-refractivity contribution in [3.05, 3.63) is 223 Å². The molecule has 1 aliphatic carbocycles. The van der Waals surface area contributed by atoms with Crippen LogP contribution in [0.4, 0.5) is 34.1 Å². The third-order valence-electron chi connectivity index (χ3n) is 14.2. The minimum Gasteiger partial charge on any atom is -0.310 e. The molecule has 0 unspecified atom stereocenters. The van der Waals surface area contributed by atoms with Crippen LogP contribution in [0.2, 0.25) is 0 Å². The Hall–Kier alpha value is -7.92. The molecule has 0 atom stereocenters. The van der Waals surface area contributed by atoms with Crippen molar-refractivity contribution < 1.29 is 0 Å². The number of hydrogen-bond acceptors (Lipinski definition) is 3. The molecular formula is C61H41N3S. The fraction of sp³-hybridized carbons (Fsp3) is 0.0492. The van der Waals surface area contributed by atoms with E-state index in [0.717, 1.165) is 39.7 Å². The zero-order valence-electron chi connectivity index (χ0n) is 36.0. The van der Waals surface area contributed by atoms with E-state index < -0.39 is 0 Å². The number of hydrogen-bond donors (Lipinski definition) is 0. The zero-order chi connectivity index (χ0) is 43.0. The number of benzene rings is 10. The van der Waals surface area contributed by atoms with Gasteiger partial charge in [-0.1, -0.05) is 135 Å². The van der Waals surface area contributed by atoms with Crippen molar-refractivity contribution >= 4 is 98.2 Å². The average Bonchev–Trinajstić information content (AvgIpc) is 3.96. The molecule has 65 heavy (non-hydrogen) atoms. The average molecular weight is 848 g/mol. The lowest BCUT2D eigenvalue weighted by Gasteiger charge is -2.28. The van der Waals surface area contributed by atoms with Crippen molar-refractivity contribution in [2.24, 2.45) is 0 Å². The van der Waals surface area contributed by atoms with Crippen LogP contribution in [0.1, 0.15) is 25.0 Å². The molecule has 0 spiro atoms. The topological polar surface area (TPSA) is 11.4 Å². The van der Waals surface area contributed by atoms with Crippen LogP contribution in [-0.4, -0.2) is 4.57 Å². The molecular weight excluding hydrogens is 807 g/mol. The molecule has 8 bridgehead atoms. The monoisotopic (exact) mass is 847 g/mol. The van der Waals surface area contributed by atoms with Crippen molar-refractivity contribution in [1.82, 2.24) is 4.57 Å². The molecule has 0 amide bonds. The van der Waals surface area contributed by atoms with E-state index in [1.165, 1.54) is 86.3 Å². The molecule has 3 heterocycles. The van der Waals surface area contributed by atoms with Crippen LogP contribution >= 0.6 is 11.3 Å². The molecule has 0 saturated heterocycles. The summed E-state index contributed by atoms with van der Waals surface area (Å²) >= 11 is 1.87. The fourth-order valence-corrected chi connectivity index (χ4v) is 12.3. The van der Waals surface area contributed by atoms with Crippen molar-refractivity contribution in [3.8, 4) is 27.9 Å². The maximum atomic E-state index is 2.47. The van der Waals surface area contributed by atoms with E-state index in [1.54, 1.807) is 0 Å². The van der Waals surface area contributed by atoms with Gasteiger partial charge in [-0.05, 0) is 130 Å². The first-order valence-corrected chi connectivity index (χ1v) is 23.3. The second-order valence-electron chi connectivity index (χ2n) is 18.2. The normalized spacial score (nSPS) is 13.8. The number of para-hydroxylation sites is 1. The summed E-state index contributed by atoms with van der Waals surface area (Å²) in [5.41, 5.74) is 17.7. The summed E-state index contributed by atoms with van der Waals surface area (Å²) in [6, 6.07) is 79.5. The Morgan fingerprint density at radius 2 is 0.862 bits per heavy atom. The smallest absolute Gasteiger partial charge is 0.0562 e. The van der Waals surface area contributed by atoms with Gasteiger partial charge >= 0.3 is 0 Å². The summed E-state index contributed by atoms with van der Waals surface area (Å²) in [6.45, 7) is 4.76. The first kappa shape index (κ1) is 36.6. The van der Waals surface area contributed by atoms with Gasteiger partial charge < -0.3 is 14.4 Å². The number of thiophene rings is 1. The summed E-state index contributed by atoms with van der Waals surface area (Å²) in [6.07, 6.45) is 0. The lowest BCUT2D eigenvalue weighted by atomic mass is 9.82. The van der Waals surface area contributed by atoms with Crippen LogP contribution in [0.25, 0.3) is 80.7 Å². The molecule has 10 aromatic carbocycles. The standard InChI is InChI=1S/C61H41N3S/c1-61(2)54-30-26-43-34-52(54)53-35-44(27-31-55(53)61)63(46-25-29-51-50-20-6-8-23-59(50)65-60(51)37-46)42-17-10-15-40(33-42)39-14-9-16-41(32-39)62(43)45-24-28-49-48-19-5-7-21-57(48)64(58(49)36-45)56-22-11-13-38-12-3-4-18-47(38)56/h3-37H,1-2H3. The highest BCUT2D eigenvalue weighted by molar-refractivity contribution is 7.25. The van der Waals surface area contributed by atoms with E-state index in [2.05, 4.69) is 241 Å². The number of nitrogens with zero attached hydrogens (tertiary/aromatic N) is 3. The number of aromatic nitrogens is 1. The maximum Gasteiger partial charge on any atom is 0.0562 e. The van der Waals surface area contributed by atoms with E-state index >= 15 is 0 Å². The van der Waals surface area contributed by atoms with Gasteiger partial charge in [0, 0.05) is 75.9 Å². The lowest BCUT2D eigenvalue weighted by molar-refractivity contribution is 0.660. The minimum atomic E-state index is -0.167. The third kappa shape index (κ3) is 5.35. The summed E-state index contributed by atoms with van der Waals surface area (Å²) in [7, 11) is 0. The van der Waals surface area contributed by atoms with Crippen LogP contribution in [0.3, 0.4) is 0 Å². The van der Waals surface area contributed by atoms with E-state index in [4.69, 9.17) is 0 Å². The molecule has 14 rings (SSSR count).